The van der Waals surface area contributed by atoms with Gasteiger partial charge in [-0.2, -0.15) is 10.4 Å². The Morgan fingerprint density at radius 3 is 2.41 bits per heavy atom. The molecule has 0 spiro atoms. The Kier molecular flexibility index (Phi) is 6.73. The van der Waals surface area contributed by atoms with Crippen LogP contribution in [0.5, 0.6) is 0 Å². The van der Waals surface area contributed by atoms with Crippen LogP contribution in [0.15, 0.2) is 42.5 Å². The summed E-state index contributed by atoms with van der Waals surface area (Å²) in [5.74, 6) is -0.621. The summed E-state index contributed by atoms with van der Waals surface area (Å²) in [5, 5.41) is 15.4. The lowest BCUT2D eigenvalue weighted by atomic mass is 9.93. The van der Waals surface area contributed by atoms with Gasteiger partial charge in [-0.05, 0) is 82.9 Å². The van der Waals surface area contributed by atoms with Gasteiger partial charge < -0.3 is 15.4 Å². The molecule has 0 amide bonds. The summed E-state index contributed by atoms with van der Waals surface area (Å²) in [7, 11) is 0. The van der Waals surface area contributed by atoms with Crippen LogP contribution in [0.25, 0.3) is 33.4 Å². The minimum atomic E-state index is -0.769. The number of pyridine rings is 1. The molecule has 2 aromatic heterocycles. The summed E-state index contributed by atoms with van der Waals surface area (Å²) >= 11 is 0. The van der Waals surface area contributed by atoms with Crippen molar-refractivity contribution in [2.45, 2.75) is 52.6 Å². The lowest BCUT2D eigenvalue weighted by Crippen LogP contribution is -2.29. The molecule has 200 valence electrons. The summed E-state index contributed by atoms with van der Waals surface area (Å²) < 4.78 is 21.8. The van der Waals surface area contributed by atoms with Gasteiger partial charge in [0.1, 0.15) is 17.5 Å². The summed E-state index contributed by atoms with van der Waals surface area (Å²) in [6, 6.07) is 14.4. The quantitative estimate of drug-likeness (QED) is 0.306. The number of fused-ring (bicyclic) bond motifs is 1. The van der Waals surface area contributed by atoms with Crippen molar-refractivity contribution in [2.75, 3.05) is 23.7 Å². The van der Waals surface area contributed by atoms with Gasteiger partial charge >= 0.3 is 6.09 Å². The fourth-order valence-electron chi connectivity index (χ4n) is 5.06. The molecule has 4 aromatic rings. The number of hydrogen-bond acceptors (Lipinski definition) is 7. The fourth-order valence-corrected chi connectivity index (χ4v) is 5.06. The molecule has 0 aliphatic carbocycles. The van der Waals surface area contributed by atoms with Gasteiger partial charge in [0.05, 0.1) is 22.3 Å². The highest BCUT2D eigenvalue weighted by molar-refractivity contribution is 6.03. The second kappa shape index (κ2) is 10.0. The van der Waals surface area contributed by atoms with E-state index < -0.39 is 17.5 Å². The van der Waals surface area contributed by atoms with Crippen LogP contribution in [-0.2, 0) is 4.74 Å². The average molecular weight is 527 g/mol. The highest BCUT2D eigenvalue weighted by atomic mass is 19.1. The molecule has 0 radical (unpaired) electrons. The maximum absolute atomic E-state index is 15.2. The second-order valence-corrected chi connectivity index (χ2v) is 10.8. The van der Waals surface area contributed by atoms with Gasteiger partial charge in [-0.15, -0.1) is 4.68 Å². The van der Waals surface area contributed by atoms with Crippen LogP contribution in [0.3, 0.4) is 0 Å². The number of aryl methyl sites for hydroxylation is 1. The Morgan fingerprint density at radius 1 is 1.10 bits per heavy atom. The molecule has 5 rings (SSSR count). The van der Waals surface area contributed by atoms with Crippen LogP contribution < -0.4 is 10.6 Å². The van der Waals surface area contributed by atoms with E-state index in [0.717, 1.165) is 41.9 Å². The van der Waals surface area contributed by atoms with E-state index in [4.69, 9.17) is 10.5 Å². The topological polar surface area (TPSA) is 110 Å². The van der Waals surface area contributed by atoms with Gasteiger partial charge in [-0.25, -0.2) is 14.2 Å². The van der Waals surface area contributed by atoms with Crippen molar-refractivity contribution in [3.05, 3.63) is 59.5 Å². The number of hydrogen-bond donors (Lipinski definition) is 1. The molecule has 2 aromatic carbocycles. The lowest BCUT2D eigenvalue weighted by molar-refractivity contribution is 0.0521. The number of nitrogen functional groups attached to an aromatic ring is 1. The van der Waals surface area contributed by atoms with Crippen LogP contribution in [0.1, 0.15) is 51.3 Å². The molecule has 9 heteroatoms. The van der Waals surface area contributed by atoms with Crippen molar-refractivity contribution in [3.8, 4) is 28.5 Å². The number of halogens is 1. The first-order chi connectivity index (χ1) is 18.6. The number of aromatic nitrogens is 3. The number of ether oxygens (including phenoxy) is 1. The highest BCUT2D eigenvalue weighted by Crippen LogP contribution is 2.40. The summed E-state index contributed by atoms with van der Waals surface area (Å²) in [5.41, 5.74) is 8.71. The van der Waals surface area contributed by atoms with Crippen molar-refractivity contribution >= 4 is 28.5 Å². The van der Waals surface area contributed by atoms with Crippen LogP contribution in [-0.4, -0.2) is 39.5 Å². The van der Waals surface area contributed by atoms with E-state index in [1.54, 1.807) is 33.8 Å². The Labute approximate surface area is 226 Å². The van der Waals surface area contributed by atoms with Crippen LogP contribution in [0.2, 0.25) is 0 Å². The summed E-state index contributed by atoms with van der Waals surface area (Å²) in [4.78, 5) is 20.1. The number of benzene rings is 2. The number of nitrogens with zero attached hydrogens (tertiary/aromatic N) is 5. The van der Waals surface area contributed by atoms with Gasteiger partial charge in [0.2, 0.25) is 0 Å². The van der Waals surface area contributed by atoms with Gasteiger partial charge in [0.25, 0.3) is 0 Å². The number of nitriles is 1. The Bertz CT molecular complexity index is 1610. The van der Waals surface area contributed by atoms with Gasteiger partial charge in [0.15, 0.2) is 5.65 Å². The Morgan fingerprint density at radius 2 is 1.79 bits per heavy atom. The molecule has 1 fully saturated rings. The van der Waals surface area contributed by atoms with Crippen molar-refractivity contribution in [2.24, 2.45) is 0 Å². The highest BCUT2D eigenvalue weighted by Gasteiger charge is 2.28. The first kappa shape index (κ1) is 26.2. The Balaban J connectivity index is 1.77. The van der Waals surface area contributed by atoms with E-state index >= 15 is 4.39 Å². The molecule has 0 bridgehead atoms. The van der Waals surface area contributed by atoms with E-state index in [-0.39, 0.29) is 28.2 Å². The average Bonchev–Trinajstić information content (AvgIpc) is 3.23. The van der Waals surface area contributed by atoms with Crippen LogP contribution >= 0.6 is 0 Å². The second-order valence-electron chi connectivity index (χ2n) is 10.8. The lowest BCUT2D eigenvalue weighted by Gasteiger charge is -2.29. The standard InChI is InChI=1S/C30H31FN6O2/c1-18-25-26(19-8-11-21(12-9-19)36-14-6-5-7-15-36)23(17-32)27(22-13-10-20(33)16-24(22)31)34-28(25)37(35-18)29(38)39-30(2,3)4/h8-13,16H,5-7,14-15,33H2,1-4H3. The molecule has 0 atom stereocenters. The van der Waals surface area contributed by atoms with Crippen molar-refractivity contribution in [1.29, 1.82) is 5.26 Å². The summed E-state index contributed by atoms with van der Waals surface area (Å²) in [6.45, 7) is 9.04. The smallest absolute Gasteiger partial charge is 0.437 e. The number of nitrogens with two attached hydrogens (primary N) is 1. The molecule has 1 saturated heterocycles. The zero-order valence-electron chi connectivity index (χ0n) is 22.6. The van der Waals surface area contributed by atoms with E-state index in [0.29, 0.717) is 16.6 Å². The number of piperidine rings is 1. The zero-order valence-corrected chi connectivity index (χ0v) is 22.6. The first-order valence-electron chi connectivity index (χ1n) is 13.0. The maximum atomic E-state index is 15.2. The third-order valence-corrected chi connectivity index (χ3v) is 6.79. The normalized spacial score (nSPS) is 13.9. The van der Waals surface area contributed by atoms with Crippen LogP contribution in [0.4, 0.5) is 20.6 Å². The molecule has 0 saturated carbocycles. The molecule has 1 aliphatic rings. The van der Waals surface area contributed by atoms with Gasteiger partial charge in [0, 0.05) is 35.6 Å². The van der Waals surface area contributed by atoms with E-state index in [1.165, 1.54) is 18.6 Å². The predicted molar refractivity (Wildman–Crippen MR) is 150 cm³/mol. The molecule has 3 heterocycles. The van der Waals surface area contributed by atoms with E-state index in [1.807, 2.05) is 24.3 Å². The maximum Gasteiger partial charge on any atom is 0.437 e. The molecule has 2 N–H and O–H groups in total. The zero-order chi connectivity index (χ0) is 27.9. The van der Waals surface area contributed by atoms with Crippen LogP contribution in [0, 0.1) is 24.1 Å². The van der Waals surface area contributed by atoms with Crippen molar-refractivity contribution in [3.63, 3.8) is 0 Å². The van der Waals surface area contributed by atoms with E-state index in [9.17, 15) is 10.1 Å². The largest absolute Gasteiger partial charge is 0.442 e. The number of carbonyl (C=O) groups excluding carboxylic acids is 1. The molecule has 0 unspecified atom stereocenters. The predicted octanol–water partition coefficient (Wildman–Crippen LogP) is 6.44. The fraction of sp³-hybridized carbons (Fsp3) is 0.333. The van der Waals surface area contributed by atoms with Crippen molar-refractivity contribution < 1.29 is 13.9 Å². The number of anilines is 2. The van der Waals surface area contributed by atoms with Crippen molar-refractivity contribution in [1.82, 2.24) is 14.8 Å². The SMILES string of the molecule is Cc1nn(C(=O)OC(C)(C)C)c2nc(-c3ccc(N)cc3F)c(C#N)c(-c3ccc(N4CCCCC4)cc3)c12. The number of carbonyl (C=O) groups is 1. The Hall–Kier alpha value is -4.45. The summed E-state index contributed by atoms with van der Waals surface area (Å²) in [6.07, 6.45) is 2.84. The molecule has 39 heavy (non-hydrogen) atoms. The number of rotatable bonds is 3. The molecule has 8 nitrogen and oxygen atoms in total. The third-order valence-electron chi connectivity index (χ3n) is 6.79. The molecular weight excluding hydrogens is 495 g/mol. The minimum Gasteiger partial charge on any atom is -0.442 e. The van der Waals surface area contributed by atoms with Gasteiger partial charge in [-0.1, -0.05) is 12.1 Å². The van der Waals surface area contributed by atoms with E-state index in [2.05, 4.69) is 21.1 Å². The molecular formula is C30H31FN6O2. The first-order valence-corrected chi connectivity index (χ1v) is 13.0. The third kappa shape index (κ3) is 5.02. The molecule has 1 aliphatic heterocycles. The monoisotopic (exact) mass is 526 g/mol. The minimum absolute atomic E-state index is 0.0994. The van der Waals surface area contributed by atoms with Gasteiger partial charge in [-0.3, -0.25) is 0 Å².